The van der Waals surface area contributed by atoms with Gasteiger partial charge in [-0.2, -0.15) is 0 Å². The molecule has 0 spiro atoms. The topological polar surface area (TPSA) is 46.2 Å². The first kappa shape index (κ1) is 11.0. The molecule has 0 bridgehead atoms. The first-order valence-corrected chi connectivity index (χ1v) is 4.97. The number of carbonyl (C=O) groups excluding carboxylic acids is 2. The maximum atomic E-state index is 11.2. The molecule has 1 aliphatic rings. The van der Waals surface area contributed by atoms with Crippen LogP contribution in [-0.2, 0) is 9.59 Å². The van der Waals surface area contributed by atoms with Gasteiger partial charge in [-0.15, -0.1) is 0 Å². The van der Waals surface area contributed by atoms with Crippen molar-refractivity contribution in [2.24, 2.45) is 5.41 Å². The average molecular weight is 195 g/mol. The van der Waals surface area contributed by atoms with Gasteiger partial charge in [0.25, 0.3) is 0 Å². The summed E-state index contributed by atoms with van der Waals surface area (Å²) in [6, 6.07) is -0.0625. The second-order valence-electron chi connectivity index (χ2n) is 4.30. The first-order chi connectivity index (χ1) is 6.45. The van der Waals surface area contributed by atoms with Crippen molar-refractivity contribution in [3.63, 3.8) is 0 Å². The van der Waals surface area contributed by atoms with Gasteiger partial charge in [0.2, 0.25) is 5.91 Å². The highest BCUT2D eigenvalue weighted by molar-refractivity contribution is 5.92. The summed E-state index contributed by atoms with van der Waals surface area (Å²) in [5, 5.41) is 2.88. The van der Waals surface area contributed by atoms with E-state index < -0.39 is 0 Å². The lowest BCUT2D eigenvalue weighted by molar-refractivity contribution is -0.123. The normalized spacial score (nSPS) is 24.8. The Bertz CT molecular complexity index is 279. The Morgan fingerprint density at radius 3 is 2.86 bits per heavy atom. The zero-order valence-electron chi connectivity index (χ0n) is 8.96. The largest absolute Gasteiger partial charge is 0.352 e. The lowest BCUT2D eigenvalue weighted by Gasteiger charge is -2.34. The lowest BCUT2D eigenvalue weighted by atomic mass is 9.77. The minimum absolute atomic E-state index is 0.00572. The van der Waals surface area contributed by atoms with Crippen LogP contribution in [-0.4, -0.2) is 17.7 Å². The highest BCUT2D eigenvalue weighted by atomic mass is 16.1. The van der Waals surface area contributed by atoms with Crippen molar-refractivity contribution in [2.45, 2.75) is 39.7 Å². The Kier molecular flexibility index (Phi) is 3.09. The standard InChI is InChI=1S/C11H17NO2/c1-4-10(14)12-9-7-8(13)5-6-11(9,2)3/h5-6,9H,4,7H2,1-3H3,(H,12,14). The van der Waals surface area contributed by atoms with E-state index >= 15 is 0 Å². The van der Waals surface area contributed by atoms with Crippen LogP contribution in [0.1, 0.15) is 33.6 Å². The van der Waals surface area contributed by atoms with Gasteiger partial charge in [-0.1, -0.05) is 26.8 Å². The fraction of sp³-hybridized carbons (Fsp3) is 0.636. The van der Waals surface area contributed by atoms with E-state index in [-0.39, 0.29) is 23.1 Å². The molecule has 0 aromatic heterocycles. The van der Waals surface area contributed by atoms with Gasteiger partial charge in [-0.3, -0.25) is 9.59 Å². The van der Waals surface area contributed by atoms with E-state index in [1.807, 2.05) is 26.8 Å². The van der Waals surface area contributed by atoms with Crippen LogP contribution in [0.3, 0.4) is 0 Å². The SMILES string of the molecule is CCC(=O)NC1CC(=O)C=CC1(C)C. The monoisotopic (exact) mass is 195 g/mol. The van der Waals surface area contributed by atoms with Gasteiger partial charge in [0.05, 0.1) is 0 Å². The van der Waals surface area contributed by atoms with Gasteiger partial charge in [-0.25, -0.2) is 0 Å². The Hall–Kier alpha value is -1.12. The molecule has 14 heavy (non-hydrogen) atoms. The Morgan fingerprint density at radius 1 is 1.64 bits per heavy atom. The molecule has 0 fully saturated rings. The van der Waals surface area contributed by atoms with Crippen molar-refractivity contribution in [1.82, 2.24) is 5.32 Å². The Labute approximate surface area is 84.6 Å². The van der Waals surface area contributed by atoms with Gasteiger partial charge in [0.1, 0.15) is 0 Å². The van der Waals surface area contributed by atoms with Crippen molar-refractivity contribution >= 4 is 11.7 Å². The molecule has 3 heteroatoms. The zero-order valence-corrected chi connectivity index (χ0v) is 8.96. The van der Waals surface area contributed by atoms with Crippen molar-refractivity contribution in [3.05, 3.63) is 12.2 Å². The second kappa shape index (κ2) is 3.95. The fourth-order valence-electron chi connectivity index (χ4n) is 1.49. The van der Waals surface area contributed by atoms with Gasteiger partial charge < -0.3 is 5.32 Å². The molecular weight excluding hydrogens is 178 g/mol. The van der Waals surface area contributed by atoms with Crippen molar-refractivity contribution < 1.29 is 9.59 Å². The zero-order chi connectivity index (χ0) is 10.8. The van der Waals surface area contributed by atoms with Gasteiger partial charge >= 0.3 is 0 Å². The molecule has 0 aromatic carbocycles. The summed E-state index contributed by atoms with van der Waals surface area (Å²) in [4.78, 5) is 22.4. The average Bonchev–Trinajstić information content (AvgIpc) is 2.12. The van der Waals surface area contributed by atoms with Crippen molar-refractivity contribution in [3.8, 4) is 0 Å². The predicted octanol–water partition coefficient (Wildman–Crippen LogP) is 1.44. The van der Waals surface area contributed by atoms with Gasteiger partial charge in [0.15, 0.2) is 5.78 Å². The molecule has 1 N–H and O–H groups in total. The van der Waals surface area contributed by atoms with Crippen LogP contribution in [0, 0.1) is 5.41 Å². The Balaban J connectivity index is 2.72. The number of amides is 1. The fourth-order valence-corrected chi connectivity index (χ4v) is 1.49. The molecule has 1 amide bonds. The minimum Gasteiger partial charge on any atom is -0.352 e. The second-order valence-corrected chi connectivity index (χ2v) is 4.30. The van der Waals surface area contributed by atoms with E-state index in [1.54, 1.807) is 6.08 Å². The number of rotatable bonds is 2. The molecule has 0 saturated carbocycles. The van der Waals surface area contributed by atoms with Crippen LogP contribution >= 0.6 is 0 Å². The van der Waals surface area contributed by atoms with Crippen LogP contribution in [0.15, 0.2) is 12.2 Å². The number of carbonyl (C=O) groups is 2. The third-order valence-corrected chi connectivity index (χ3v) is 2.66. The molecule has 0 heterocycles. The molecule has 3 nitrogen and oxygen atoms in total. The summed E-state index contributed by atoms with van der Waals surface area (Å²) in [7, 11) is 0. The maximum absolute atomic E-state index is 11.2. The molecule has 0 aromatic rings. The van der Waals surface area contributed by atoms with Gasteiger partial charge in [0, 0.05) is 24.3 Å². The summed E-state index contributed by atoms with van der Waals surface area (Å²) < 4.78 is 0. The molecule has 1 rings (SSSR count). The van der Waals surface area contributed by atoms with E-state index in [0.717, 1.165) is 0 Å². The smallest absolute Gasteiger partial charge is 0.219 e. The van der Waals surface area contributed by atoms with Crippen molar-refractivity contribution in [2.75, 3.05) is 0 Å². The first-order valence-electron chi connectivity index (χ1n) is 4.97. The number of nitrogens with one attached hydrogen (secondary N) is 1. The minimum atomic E-state index is -0.126. The maximum Gasteiger partial charge on any atom is 0.219 e. The van der Waals surface area contributed by atoms with Crippen LogP contribution in [0.4, 0.5) is 0 Å². The van der Waals surface area contributed by atoms with E-state index in [2.05, 4.69) is 5.32 Å². The molecule has 1 atom stereocenters. The quantitative estimate of drug-likeness (QED) is 0.724. The van der Waals surface area contributed by atoms with E-state index in [0.29, 0.717) is 12.8 Å². The molecular formula is C11H17NO2. The predicted molar refractivity (Wildman–Crippen MR) is 54.8 cm³/mol. The summed E-state index contributed by atoms with van der Waals surface area (Å²) >= 11 is 0. The van der Waals surface area contributed by atoms with Crippen LogP contribution < -0.4 is 5.32 Å². The van der Waals surface area contributed by atoms with E-state index in [1.165, 1.54) is 0 Å². The van der Waals surface area contributed by atoms with Crippen LogP contribution in [0.2, 0.25) is 0 Å². The number of allylic oxidation sites excluding steroid dienone is 1. The highest BCUT2D eigenvalue weighted by Crippen LogP contribution is 2.28. The number of hydrogen-bond acceptors (Lipinski definition) is 2. The van der Waals surface area contributed by atoms with Crippen LogP contribution in [0.5, 0.6) is 0 Å². The molecule has 0 saturated heterocycles. The molecule has 1 aliphatic carbocycles. The lowest BCUT2D eigenvalue weighted by Crippen LogP contribution is -2.46. The van der Waals surface area contributed by atoms with Gasteiger partial charge in [-0.05, 0) is 6.08 Å². The summed E-state index contributed by atoms with van der Waals surface area (Å²) in [6.45, 7) is 5.86. The molecule has 1 unspecified atom stereocenters. The molecule has 0 aliphatic heterocycles. The summed E-state index contributed by atoms with van der Waals surface area (Å²) in [5.41, 5.74) is -0.126. The number of hydrogen-bond donors (Lipinski definition) is 1. The van der Waals surface area contributed by atoms with E-state index in [9.17, 15) is 9.59 Å². The summed E-state index contributed by atoms with van der Waals surface area (Å²) in [6.07, 6.45) is 4.35. The third kappa shape index (κ3) is 2.44. The number of ketones is 1. The molecule has 0 radical (unpaired) electrons. The summed E-state index contributed by atoms with van der Waals surface area (Å²) in [5.74, 6) is 0.0944. The van der Waals surface area contributed by atoms with Crippen molar-refractivity contribution in [1.29, 1.82) is 0 Å². The van der Waals surface area contributed by atoms with E-state index in [4.69, 9.17) is 0 Å². The highest BCUT2D eigenvalue weighted by Gasteiger charge is 2.32. The Morgan fingerprint density at radius 2 is 2.29 bits per heavy atom. The van der Waals surface area contributed by atoms with Crippen LogP contribution in [0.25, 0.3) is 0 Å². The third-order valence-electron chi connectivity index (χ3n) is 2.66. The molecule has 78 valence electrons.